The van der Waals surface area contributed by atoms with Crippen molar-refractivity contribution in [2.75, 3.05) is 0 Å². The summed E-state index contributed by atoms with van der Waals surface area (Å²) < 4.78 is 1.33. The van der Waals surface area contributed by atoms with Crippen LogP contribution in [0, 0.1) is 0 Å². The van der Waals surface area contributed by atoms with E-state index in [4.69, 9.17) is 11.6 Å². The van der Waals surface area contributed by atoms with Crippen molar-refractivity contribution < 1.29 is 4.79 Å². The molecule has 2 rings (SSSR count). The molecule has 1 aromatic heterocycles. The maximum absolute atomic E-state index is 11.8. The molecule has 0 unspecified atom stereocenters. The van der Waals surface area contributed by atoms with Crippen LogP contribution in [0.5, 0.6) is 0 Å². The first-order valence-corrected chi connectivity index (χ1v) is 6.20. The molecule has 1 N–H and O–H groups in total. The summed E-state index contributed by atoms with van der Waals surface area (Å²) in [4.78, 5) is 23.5. The molecule has 1 amide bonds. The number of halogens is 1. The van der Waals surface area contributed by atoms with Crippen molar-refractivity contribution in [3.63, 3.8) is 0 Å². The normalized spacial score (nSPS) is 10.7. The van der Waals surface area contributed by atoms with Gasteiger partial charge < -0.3 is 4.57 Å². The predicted octanol–water partition coefficient (Wildman–Crippen LogP) is 1.80. The number of carbonyl (C=O) groups is 1. The molecular formula is C14H12ClN3O2. The molecule has 0 atom stereocenters. The van der Waals surface area contributed by atoms with Gasteiger partial charge in [-0.05, 0) is 29.8 Å². The zero-order valence-electron chi connectivity index (χ0n) is 10.7. The molecule has 1 heterocycles. The lowest BCUT2D eigenvalue weighted by atomic mass is 10.2. The van der Waals surface area contributed by atoms with Crippen LogP contribution in [0.15, 0.2) is 52.5 Å². The third kappa shape index (κ3) is 3.33. The van der Waals surface area contributed by atoms with E-state index in [1.165, 1.54) is 16.8 Å². The van der Waals surface area contributed by atoms with Crippen LogP contribution >= 0.6 is 11.6 Å². The highest BCUT2D eigenvalue weighted by Crippen LogP contribution is 2.07. The Hall–Kier alpha value is -2.40. The molecule has 0 aliphatic heterocycles. The standard InChI is InChI=1S/C14H12ClN3O2/c1-18-8-2-3-12(14(18)20)13(19)17-16-9-10-4-6-11(15)7-5-10/h2-9H,1H3,(H,17,19)/b16-9-. The number of benzene rings is 1. The summed E-state index contributed by atoms with van der Waals surface area (Å²) in [5, 5.41) is 4.43. The van der Waals surface area contributed by atoms with E-state index in [9.17, 15) is 9.59 Å². The van der Waals surface area contributed by atoms with E-state index in [2.05, 4.69) is 10.5 Å². The zero-order valence-corrected chi connectivity index (χ0v) is 11.5. The van der Waals surface area contributed by atoms with E-state index in [1.54, 1.807) is 43.6 Å². The van der Waals surface area contributed by atoms with E-state index in [0.29, 0.717) is 5.02 Å². The molecule has 6 heteroatoms. The number of hydrogen-bond donors (Lipinski definition) is 1. The van der Waals surface area contributed by atoms with Crippen LogP contribution < -0.4 is 11.0 Å². The van der Waals surface area contributed by atoms with Gasteiger partial charge in [0.1, 0.15) is 5.56 Å². The van der Waals surface area contributed by atoms with E-state index < -0.39 is 5.91 Å². The van der Waals surface area contributed by atoms with Gasteiger partial charge in [-0.1, -0.05) is 23.7 Å². The summed E-state index contributed by atoms with van der Waals surface area (Å²) in [6.45, 7) is 0. The van der Waals surface area contributed by atoms with Crippen molar-refractivity contribution >= 4 is 23.7 Å². The van der Waals surface area contributed by atoms with Crippen molar-refractivity contribution in [2.24, 2.45) is 12.1 Å². The second-order valence-corrected chi connectivity index (χ2v) is 4.53. The molecule has 20 heavy (non-hydrogen) atoms. The van der Waals surface area contributed by atoms with Crippen molar-refractivity contribution in [2.45, 2.75) is 0 Å². The predicted molar refractivity (Wildman–Crippen MR) is 78.2 cm³/mol. The number of hydrogen-bond acceptors (Lipinski definition) is 3. The molecule has 0 fully saturated rings. The van der Waals surface area contributed by atoms with Gasteiger partial charge in [0.05, 0.1) is 6.21 Å². The number of nitrogens with zero attached hydrogens (tertiary/aromatic N) is 2. The third-order valence-electron chi connectivity index (χ3n) is 2.62. The van der Waals surface area contributed by atoms with Gasteiger partial charge in [0.2, 0.25) is 0 Å². The lowest BCUT2D eigenvalue weighted by molar-refractivity contribution is 0.0953. The first-order valence-electron chi connectivity index (χ1n) is 5.82. The van der Waals surface area contributed by atoms with Crippen molar-refractivity contribution in [3.05, 3.63) is 69.1 Å². The molecule has 0 saturated carbocycles. The summed E-state index contributed by atoms with van der Waals surface area (Å²) >= 11 is 5.76. The van der Waals surface area contributed by atoms with E-state index >= 15 is 0 Å². The number of carbonyl (C=O) groups excluding carboxylic acids is 1. The van der Waals surface area contributed by atoms with Gasteiger partial charge in [0.15, 0.2) is 0 Å². The van der Waals surface area contributed by atoms with Gasteiger partial charge in [-0.2, -0.15) is 5.10 Å². The average molecular weight is 290 g/mol. The van der Waals surface area contributed by atoms with Crippen LogP contribution in [0.25, 0.3) is 0 Å². The quantitative estimate of drug-likeness (QED) is 0.692. The van der Waals surface area contributed by atoms with Crippen molar-refractivity contribution in [1.29, 1.82) is 0 Å². The van der Waals surface area contributed by atoms with Crippen molar-refractivity contribution in [3.8, 4) is 0 Å². The van der Waals surface area contributed by atoms with E-state index in [1.807, 2.05) is 0 Å². The Morgan fingerprint density at radius 3 is 2.70 bits per heavy atom. The summed E-state index contributed by atoms with van der Waals surface area (Å²) in [7, 11) is 1.58. The number of hydrazone groups is 1. The van der Waals surface area contributed by atoms with Crippen LogP contribution in [-0.4, -0.2) is 16.7 Å². The molecule has 5 nitrogen and oxygen atoms in total. The minimum atomic E-state index is -0.545. The Balaban J connectivity index is 2.07. The Morgan fingerprint density at radius 1 is 1.30 bits per heavy atom. The number of amides is 1. The second kappa shape index (κ2) is 6.16. The SMILES string of the molecule is Cn1cccc(C(=O)N/N=C\c2ccc(Cl)cc2)c1=O. The van der Waals surface area contributed by atoms with Crippen LogP contribution in [0.4, 0.5) is 0 Å². The van der Waals surface area contributed by atoms with Crippen LogP contribution in [0.1, 0.15) is 15.9 Å². The zero-order chi connectivity index (χ0) is 14.5. The average Bonchev–Trinajstić information content (AvgIpc) is 2.44. The lowest BCUT2D eigenvalue weighted by Crippen LogP contribution is -2.29. The monoisotopic (exact) mass is 289 g/mol. The van der Waals surface area contributed by atoms with Crippen LogP contribution in [0.2, 0.25) is 5.02 Å². The topological polar surface area (TPSA) is 63.5 Å². The van der Waals surface area contributed by atoms with Crippen molar-refractivity contribution in [1.82, 2.24) is 9.99 Å². The maximum Gasteiger partial charge on any atom is 0.276 e. The highest BCUT2D eigenvalue weighted by Gasteiger charge is 2.09. The smallest absolute Gasteiger partial charge is 0.276 e. The van der Waals surface area contributed by atoms with Gasteiger partial charge in [-0.3, -0.25) is 9.59 Å². The molecule has 0 aliphatic carbocycles. The van der Waals surface area contributed by atoms with Crippen LogP contribution in [0.3, 0.4) is 0 Å². The van der Waals surface area contributed by atoms with Gasteiger partial charge in [-0.25, -0.2) is 5.43 Å². The van der Waals surface area contributed by atoms with Gasteiger partial charge in [-0.15, -0.1) is 0 Å². The first kappa shape index (κ1) is 14.0. The number of aromatic nitrogens is 1. The number of nitrogens with one attached hydrogen (secondary N) is 1. The van der Waals surface area contributed by atoms with Gasteiger partial charge in [0.25, 0.3) is 11.5 Å². The summed E-state index contributed by atoms with van der Waals surface area (Å²) in [6, 6.07) is 10.0. The number of rotatable bonds is 3. The molecule has 0 radical (unpaired) electrons. The largest absolute Gasteiger partial charge is 0.318 e. The molecule has 0 aliphatic rings. The molecule has 1 aromatic carbocycles. The summed E-state index contributed by atoms with van der Waals surface area (Å²) in [6.07, 6.45) is 3.05. The minimum absolute atomic E-state index is 0.0447. The molecule has 2 aromatic rings. The number of aryl methyl sites for hydroxylation is 1. The Bertz CT molecular complexity index is 705. The Labute approximate surface area is 120 Å². The molecule has 0 bridgehead atoms. The van der Waals surface area contributed by atoms with Gasteiger partial charge >= 0.3 is 0 Å². The second-order valence-electron chi connectivity index (χ2n) is 4.09. The van der Waals surface area contributed by atoms with E-state index in [-0.39, 0.29) is 11.1 Å². The lowest BCUT2D eigenvalue weighted by Gasteiger charge is -2.01. The van der Waals surface area contributed by atoms with Gasteiger partial charge in [0, 0.05) is 18.3 Å². The molecule has 0 spiro atoms. The fourth-order valence-corrected chi connectivity index (χ4v) is 1.67. The molecule has 102 valence electrons. The summed E-state index contributed by atoms with van der Waals surface area (Å²) in [5.74, 6) is -0.545. The highest BCUT2D eigenvalue weighted by atomic mass is 35.5. The fourth-order valence-electron chi connectivity index (χ4n) is 1.54. The molecular weight excluding hydrogens is 278 g/mol. The fraction of sp³-hybridized carbons (Fsp3) is 0.0714. The first-order chi connectivity index (χ1) is 9.58. The Kier molecular flexibility index (Phi) is 4.32. The maximum atomic E-state index is 11.8. The molecule has 0 saturated heterocycles. The summed E-state index contributed by atoms with van der Waals surface area (Å²) in [5.41, 5.74) is 2.78. The Morgan fingerprint density at radius 2 is 2.00 bits per heavy atom. The highest BCUT2D eigenvalue weighted by molar-refractivity contribution is 6.30. The van der Waals surface area contributed by atoms with Crippen LogP contribution in [-0.2, 0) is 7.05 Å². The van der Waals surface area contributed by atoms with E-state index in [0.717, 1.165) is 5.56 Å². The number of pyridine rings is 1. The minimum Gasteiger partial charge on any atom is -0.318 e. The third-order valence-corrected chi connectivity index (χ3v) is 2.87.